The molecule has 106 valence electrons. The second-order valence-electron chi connectivity index (χ2n) is 4.28. The molecular weight excluding hydrogens is 274 g/mol. The van der Waals surface area contributed by atoms with Crippen molar-refractivity contribution in [3.63, 3.8) is 0 Å². The zero-order valence-corrected chi connectivity index (χ0v) is 12.5. The van der Waals surface area contributed by atoms with Crippen LogP contribution in [-0.2, 0) is 6.61 Å². The third-order valence-electron chi connectivity index (χ3n) is 2.56. The van der Waals surface area contributed by atoms with Crippen molar-refractivity contribution in [2.75, 3.05) is 31.0 Å². The molecule has 0 saturated heterocycles. The molecule has 0 fully saturated rings. The highest BCUT2D eigenvalue weighted by Crippen LogP contribution is 2.20. The normalized spacial score (nSPS) is 10.3. The van der Waals surface area contributed by atoms with Crippen molar-refractivity contribution < 1.29 is 4.74 Å². The highest BCUT2D eigenvalue weighted by Gasteiger charge is 2.05. The van der Waals surface area contributed by atoms with E-state index in [-0.39, 0.29) is 12.6 Å². The molecule has 0 amide bonds. The minimum Gasteiger partial charge on any atom is -0.486 e. The molecule has 0 saturated carbocycles. The first kappa shape index (κ1) is 14.4. The number of benzene rings is 1. The van der Waals surface area contributed by atoms with Gasteiger partial charge in [-0.25, -0.2) is 4.98 Å². The summed E-state index contributed by atoms with van der Waals surface area (Å²) in [6.07, 6.45) is 1.89. The lowest BCUT2D eigenvalue weighted by molar-refractivity contribution is 0.294. The van der Waals surface area contributed by atoms with E-state index in [0.29, 0.717) is 11.0 Å². The van der Waals surface area contributed by atoms with Gasteiger partial charge in [0, 0.05) is 25.8 Å². The fourth-order valence-corrected chi connectivity index (χ4v) is 1.95. The molecule has 0 aliphatic heterocycles. The number of rotatable bonds is 5. The van der Waals surface area contributed by atoms with E-state index in [4.69, 9.17) is 10.5 Å². The number of hydrogen-bond donors (Lipinski definition) is 1. The predicted octanol–water partition coefficient (Wildman–Crippen LogP) is 1.82. The van der Waals surface area contributed by atoms with E-state index < -0.39 is 0 Å². The standard InChI is InChI=1S/C13H17N5OS/c1-18(2)9-5-4-6-10(7-9)19-8-11-15-12(14)17-13(16-11)20-3/h4-7H,8H2,1-3H3,(H2,14,15,16,17). The third-order valence-corrected chi connectivity index (χ3v) is 3.11. The number of ether oxygens (including phenoxy) is 1. The second-order valence-corrected chi connectivity index (χ2v) is 5.05. The average Bonchev–Trinajstić information content (AvgIpc) is 2.44. The lowest BCUT2D eigenvalue weighted by Crippen LogP contribution is -2.09. The van der Waals surface area contributed by atoms with Crippen LogP contribution in [0.5, 0.6) is 5.75 Å². The van der Waals surface area contributed by atoms with E-state index in [2.05, 4.69) is 15.0 Å². The maximum Gasteiger partial charge on any atom is 0.224 e. The van der Waals surface area contributed by atoms with Crippen LogP contribution in [0.1, 0.15) is 5.82 Å². The Bertz CT molecular complexity index is 591. The zero-order chi connectivity index (χ0) is 14.5. The fourth-order valence-electron chi connectivity index (χ4n) is 1.57. The summed E-state index contributed by atoms with van der Waals surface area (Å²) < 4.78 is 5.69. The molecule has 0 aliphatic rings. The van der Waals surface area contributed by atoms with Crippen LogP contribution in [-0.4, -0.2) is 35.3 Å². The molecule has 0 aliphatic carbocycles. The molecule has 1 aromatic heterocycles. The summed E-state index contributed by atoms with van der Waals surface area (Å²) >= 11 is 1.42. The van der Waals surface area contributed by atoms with Crippen LogP contribution in [0.4, 0.5) is 11.6 Å². The first-order valence-electron chi connectivity index (χ1n) is 6.03. The van der Waals surface area contributed by atoms with Gasteiger partial charge >= 0.3 is 0 Å². The highest BCUT2D eigenvalue weighted by atomic mass is 32.2. The molecule has 1 heterocycles. The van der Waals surface area contributed by atoms with Crippen LogP contribution in [0.3, 0.4) is 0 Å². The lowest BCUT2D eigenvalue weighted by atomic mass is 10.3. The number of aromatic nitrogens is 3. The molecule has 0 atom stereocenters. The van der Waals surface area contributed by atoms with Gasteiger partial charge in [0.15, 0.2) is 11.0 Å². The molecule has 0 unspecified atom stereocenters. The van der Waals surface area contributed by atoms with Gasteiger partial charge in [-0.05, 0) is 18.4 Å². The fraction of sp³-hybridized carbons (Fsp3) is 0.308. The van der Waals surface area contributed by atoms with E-state index in [1.165, 1.54) is 11.8 Å². The minimum atomic E-state index is 0.213. The number of nitrogens with zero attached hydrogens (tertiary/aromatic N) is 4. The molecule has 7 heteroatoms. The summed E-state index contributed by atoms with van der Waals surface area (Å²) in [6, 6.07) is 7.81. The SMILES string of the molecule is CSc1nc(N)nc(COc2cccc(N(C)C)c2)n1. The third kappa shape index (κ3) is 3.74. The number of nitrogens with two attached hydrogens (primary N) is 1. The molecule has 2 aromatic rings. The number of anilines is 2. The Balaban J connectivity index is 2.08. The molecule has 0 bridgehead atoms. The lowest BCUT2D eigenvalue weighted by Gasteiger charge is -2.13. The molecule has 1 aromatic carbocycles. The molecule has 20 heavy (non-hydrogen) atoms. The summed E-state index contributed by atoms with van der Waals surface area (Å²) in [4.78, 5) is 14.3. The van der Waals surface area contributed by atoms with Gasteiger partial charge in [-0.15, -0.1) is 0 Å². The first-order valence-corrected chi connectivity index (χ1v) is 7.25. The van der Waals surface area contributed by atoms with Gasteiger partial charge in [0.2, 0.25) is 5.95 Å². The Labute approximate surface area is 122 Å². The van der Waals surface area contributed by atoms with Crippen LogP contribution >= 0.6 is 11.8 Å². The summed E-state index contributed by atoms with van der Waals surface area (Å²) in [6.45, 7) is 0.261. The molecular formula is C13H17N5OS. The van der Waals surface area contributed by atoms with Crippen molar-refractivity contribution >= 4 is 23.4 Å². The molecule has 0 spiro atoms. The van der Waals surface area contributed by atoms with E-state index >= 15 is 0 Å². The Morgan fingerprint density at radius 3 is 2.75 bits per heavy atom. The monoisotopic (exact) mass is 291 g/mol. The maximum absolute atomic E-state index is 5.69. The highest BCUT2D eigenvalue weighted by molar-refractivity contribution is 7.98. The first-order chi connectivity index (χ1) is 9.58. The summed E-state index contributed by atoms with van der Waals surface area (Å²) in [7, 11) is 3.97. The van der Waals surface area contributed by atoms with Gasteiger partial charge in [0.25, 0.3) is 0 Å². The maximum atomic E-state index is 5.69. The van der Waals surface area contributed by atoms with Crippen LogP contribution in [0.25, 0.3) is 0 Å². The van der Waals surface area contributed by atoms with Crippen LogP contribution in [0.2, 0.25) is 0 Å². The van der Waals surface area contributed by atoms with Crippen LogP contribution < -0.4 is 15.4 Å². The van der Waals surface area contributed by atoms with Crippen LogP contribution in [0, 0.1) is 0 Å². The Hall–Kier alpha value is -2.02. The molecule has 0 radical (unpaired) electrons. The topological polar surface area (TPSA) is 77.2 Å². The minimum absolute atomic E-state index is 0.213. The zero-order valence-electron chi connectivity index (χ0n) is 11.7. The van der Waals surface area contributed by atoms with Gasteiger partial charge in [0.1, 0.15) is 12.4 Å². The van der Waals surface area contributed by atoms with Crippen molar-refractivity contribution in [1.82, 2.24) is 15.0 Å². The quantitative estimate of drug-likeness (QED) is 0.842. The largest absolute Gasteiger partial charge is 0.486 e. The smallest absolute Gasteiger partial charge is 0.224 e. The van der Waals surface area contributed by atoms with Crippen molar-refractivity contribution in [1.29, 1.82) is 0 Å². The van der Waals surface area contributed by atoms with Crippen molar-refractivity contribution in [2.45, 2.75) is 11.8 Å². The summed E-state index contributed by atoms with van der Waals surface area (Å²) in [5, 5.41) is 0.596. The van der Waals surface area contributed by atoms with E-state index in [0.717, 1.165) is 11.4 Å². The van der Waals surface area contributed by atoms with E-state index in [1.807, 2.05) is 49.5 Å². The van der Waals surface area contributed by atoms with Crippen LogP contribution in [0.15, 0.2) is 29.4 Å². The van der Waals surface area contributed by atoms with Gasteiger partial charge < -0.3 is 15.4 Å². The van der Waals surface area contributed by atoms with Gasteiger partial charge in [0.05, 0.1) is 0 Å². The Kier molecular flexibility index (Phi) is 4.62. The molecule has 2 rings (SSSR count). The van der Waals surface area contributed by atoms with E-state index in [9.17, 15) is 0 Å². The second kappa shape index (κ2) is 6.42. The summed E-state index contributed by atoms with van der Waals surface area (Å²) in [5.74, 6) is 1.50. The number of nitrogen functional groups attached to an aromatic ring is 1. The van der Waals surface area contributed by atoms with Crippen molar-refractivity contribution in [3.8, 4) is 5.75 Å². The van der Waals surface area contributed by atoms with E-state index in [1.54, 1.807) is 0 Å². The Morgan fingerprint density at radius 2 is 2.05 bits per heavy atom. The van der Waals surface area contributed by atoms with Gasteiger partial charge in [-0.1, -0.05) is 17.8 Å². The van der Waals surface area contributed by atoms with Gasteiger partial charge in [-0.3, -0.25) is 0 Å². The number of thioether (sulfide) groups is 1. The van der Waals surface area contributed by atoms with Crippen molar-refractivity contribution in [3.05, 3.63) is 30.1 Å². The van der Waals surface area contributed by atoms with Gasteiger partial charge in [-0.2, -0.15) is 9.97 Å². The summed E-state index contributed by atoms with van der Waals surface area (Å²) in [5.41, 5.74) is 6.70. The number of hydrogen-bond acceptors (Lipinski definition) is 7. The average molecular weight is 291 g/mol. The van der Waals surface area contributed by atoms with Crippen molar-refractivity contribution in [2.24, 2.45) is 0 Å². The molecule has 2 N–H and O–H groups in total. The molecule has 6 nitrogen and oxygen atoms in total. The Morgan fingerprint density at radius 1 is 1.25 bits per heavy atom. The predicted molar refractivity (Wildman–Crippen MR) is 81.1 cm³/mol.